The van der Waals surface area contributed by atoms with Gasteiger partial charge in [-0.1, -0.05) is 53.3 Å². The van der Waals surface area contributed by atoms with E-state index in [-0.39, 0.29) is 11.7 Å². The highest BCUT2D eigenvalue weighted by atomic mass is 32.1. The van der Waals surface area contributed by atoms with Crippen LogP contribution in [0, 0.1) is 6.92 Å². The summed E-state index contributed by atoms with van der Waals surface area (Å²) in [4.78, 5) is 34.0. The zero-order chi connectivity index (χ0) is 24.6. The quantitative estimate of drug-likeness (QED) is 0.530. The van der Waals surface area contributed by atoms with Gasteiger partial charge in [-0.2, -0.15) is 0 Å². The third-order valence-corrected chi connectivity index (χ3v) is 6.67. The molecule has 0 saturated heterocycles. The predicted octanol–water partition coefficient (Wildman–Crippen LogP) is 3.56. The molecule has 0 bridgehead atoms. The van der Waals surface area contributed by atoms with Gasteiger partial charge in [-0.05, 0) is 57.0 Å². The minimum Gasteiger partial charge on any atom is -0.459 e. The second kappa shape index (κ2) is 9.43. The molecule has 0 fully saturated rings. The summed E-state index contributed by atoms with van der Waals surface area (Å²) in [5, 5.41) is 0. The smallest absolute Gasteiger partial charge is 0.338 e. The average Bonchev–Trinajstić information content (AvgIpc) is 3.07. The molecule has 6 nitrogen and oxygen atoms in total. The largest absolute Gasteiger partial charge is 0.459 e. The maximum atomic E-state index is 13.6. The van der Waals surface area contributed by atoms with E-state index in [0.29, 0.717) is 20.6 Å². The van der Waals surface area contributed by atoms with Crippen LogP contribution in [0.1, 0.15) is 43.5 Å². The summed E-state index contributed by atoms with van der Waals surface area (Å²) >= 11 is 1.33. The number of esters is 1. The van der Waals surface area contributed by atoms with Crippen LogP contribution in [0.2, 0.25) is 0 Å². The Kier molecular flexibility index (Phi) is 6.57. The highest BCUT2D eigenvalue weighted by molar-refractivity contribution is 7.07. The summed E-state index contributed by atoms with van der Waals surface area (Å²) in [6.07, 6.45) is 1.60. The van der Waals surface area contributed by atoms with Crippen molar-refractivity contribution in [1.29, 1.82) is 0 Å². The Labute approximate surface area is 203 Å². The van der Waals surface area contributed by atoms with Crippen LogP contribution in [0.15, 0.2) is 69.6 Å². The zero-order valence-corrected chi connectivity index (χ0v) is 21.1. The van der Waals surface area contributed by atoms with Crippen molar-refractivity contribution in [3.63, 3.8) is 0 Å². The molecule has 4 rings (SSSR count). The second-order valence-corrected chi connectivity index (χ2v) is 9.94. The van der Waals surface area contributed by atoms with Gasteiger partial charge in [0.05, 0.1) is 27.9 Å². The van der Waals surface area contributed by atoms with Crippen LogP contribution in [-0.2, 0) is 9.53 Å². The number of carbonyl (C=O) groups is 1. The lowest BCUT2D eigenvalue weighted by molar-refractivity contribution is -0.143. The van der Waals surface area contributed by atoms with Gasteiger partial charge in [-0.3, -0.25) is 9.36 Å². The molecular weight excluding hydrogens is 446 g/mol. The van der Waals surface area contributed by atoms with E-state index in [1.54, 1.807) is 11.5 Å². The van der Waals surface area contributed by atoms with Crippen molar-refractivity contribution >= 4 is 29.1 Å². The van der Waals surface area contributed by atoms with E-state index < -0.39 is 12.0 Å². The summed E-state index contributed by atoms with van der Waals surface area (Å²) in [5.74, 6) is -0.449. The number of hydrogen-bond donors (Lipinski definition) is 0. The molecule has 0 aliphatic carbocycles. The van der Waals surface area contributed by atoms with Crippen molar-refractivity contribution in [1.82, 2.24) is 4.57 Å². The Bertz CT molecular complexity index is 1430. The summed E-state index contributed by atoms with van der Waals surface area (Å²) in [7, 11) is 3.98. The van der Waals surface area contributed by atoms with Gasteiger partial charge in [0, 0.05) is 19.8 Å². The van der Waals surface area contributed by atoms with E-state index in [9.17, 15) is 9.59 Å². The average molecular weight is 476 g/mol. The standard InChI is InChI=1S/C27H29N3O3S/c1-16(2)33-26(32)23-18(4)28-27-30(24(23)20-11-7-17(3)8-12-20)25(31)22(34-27)15-19-9-13-21(14-10-19)29(5)6/h7-16,24H,1-6H3/b22-15-. The van der Waals surface area contributed by atoms with E-state index in [1.165, 1.54) is 11.3 Å². The molecule has 2 heterocycles. The molecule has 1 unspecified atom stereocenters. The molecule has 0 radical (unpaired) electrons. The highest BCUT2D eigenvalue weighted by Gasteiger charge is 2.33. The fraction of sp³-hybridized carbons (Fsp3) is 0.296. The number of aromatic nitrogens is 1. The number of carbonyl (C=O) groups excluding carboxylic acids is 1. The molecule has 176 valence electrons. The number of aryl methyl sites for hydroxylation is 1. The molecule has 0 amide bonds. The number of allylic oxidation sites excluding steroid dienone is 1. The third-order valence-electron chi connectivity index (χ3n) is 5.68. The van der Waals surface area contributed by atoms with E-state index in [0.717, 1.165) is 22.4 Å². The van der Waals surface area contributed by atoms with Crippen LogP contribution >= 0.6 is 11.3 Å². The normalized spacial score (nSPS) is 15.9. The molecule has 0 saturated carbocycles. The number of thiazole rings is 1. The molecule has 3 aromatic rings. The first-order valence-electron chi connectivity index (χ1n) is 11.2. The van der Waals surface area contributed by atoms with E-state index in [4.69, 9.17) is 4.74 Å². The van der Waals surface area contributed by atoms with Crippen LogP contribution in [0.3, 0.4) is 0 Å². The van der Waals surface area contributed by atoms with Gasteiger partial charge in [-0.25, -0.2) is 9.79 Å². The van der Waals surface area contributed by atoms with Gasteiger partial charge < -0.3 is 9.64 Å². The highest BCUT2D eigenvalue weighted by Crippen LogP contribution is 2.31. The maximum absolute atomic E-state index is 13.6. The number of rotatable bonds is 5. The number of nitrogens with zero attached hydrogens (tertiary/aromatic N) is 3. The number of ether oxygens (including phenoxy) is 1. The van der Waals surface area contributed by atoms with Crippen LogP contribution in [0.5, 0.6) is 0 Å². The van der Waals surface area contributed by atoms with Crippen LogP contribution < -0.4 is 19.8 Å². The van der Waals surface area contributed by atoms with Gasteiger partial charge in [0.25, 0.3) is 5.56 Å². The SMILES string of the molecule is CC1=C(C(=O)OC(C)C)C(c2ccc(C)cc2)n2c(s/c(=C\c3ccc(N(C)C)cc3)c2=O)=N1. The van der Waals surface area contributed by atoms with Crippen LogP contribution in [0.4, 0.5) is 5.69 Å². The number of anilines is 1. The minimum absolute atomic E-state index is 0.173. The molecule has 1 aliphatic heterocycles. The lowest BCUT2D eigenvalue weighted by Gasteiger charge is -2.25. The number of hydrogen-bond acceptors (Lipinski definition) is 6. The van der Waals surface area contributed by atoms with Crippen molar-refractivity contribution in [3.05, 3.63) is 96.2 Å². The third kappa shape index (κ3) is 4.61. The van der Waals surface area contributed by atoms with E-state index in [2.05, 4.69) is 4.99 Å². The molecule has 2 aromatic carbocycles. The van der Waals surface area contributed by atoms with E-state index in [1.807, 2.05) is 94.4 Å². The Balaban J connectivity index is 1.89. The first kappa shape index (κ1) is 23.7. The second-order valence-electron chi connectivity index (χ2n) is 8.93. The van der Waals surface area contributed by atoms with Gasteiger partial charge in [0.1, 0.15) is 0 Å². The number of fused-ring (bicyclic) bond motifs is 1. The molecule has 1 aromatic heterocycles. The van der Waals surface area contributed by atoms with Gasteiger partial charge in [0.15, 0.2) is 4.80 Å². The van der Waals surface area contributed by atoms with Crippen LogP contribution in [-0.4, -0.2) is 30.7 Å². The summed E-state index contributed by atoms with van der Waals surface area (Å²) in [6.45, 7) is 7.43. The molecule has 1 atom stereocenters. The fourth-order valence-electron chi connectivity index (χ4n) is 3.94. The fourth-order valence-corrected chi connectivity index (χ4v) is 4.99. The van der Waals surface area contributed by atoms with E-state index >= 15 is 0 Å². The molecule has 0 N–H and O–H groups in total. The van der Waals surface area contributed by atoms with Crippen molar-refractivity contribution in [2.24, 2.45) is 4.99 Å². The minimum atomic E-state index is -0.596. The molecular formula is C27H29N3O3S. The van der Waals surface area contributed by atoms with Gasteiger partial charge in [-0.15, -0.1) is 0 Å². The van der Waals surface area contributed by atoms with Crippen molar-refractivity contribution in [2.45, 2.75) is 39.8 Å². The first-order valence-corrected chi connectivity index (χ1v) is 12.0. The molecule has 7 heteroatoms. The first-order chi connectivity index (χ1) is 16.2. The lowest BCUT2D eigenvalue weighted by Crippen LogP contribution is -2.40. The summed E-state index contributed by atoms with van der Waals surface area (Å²) < 4.78 is 7.74. The Morgan fingerprint density at radius 2 is 1.74 bits per heavy atom. The molecule has 34 heavy (non-hydrogen) atoms. The number of benzene rings is 2. The van der Waals surface area contributed by atoms with Gasteiger partial charge in [0.2, 0.25) is 0 Å². The Morgan fingerprint density at radius 3 is 2.32 bits per heavy atom. The maximum Gasteiger partial charge on any atom is 0.338 e. The van der Waals surface area contributed by atoms with Crippen molar-refractivity contribution in [3.8, 4) is 0 Å². The molecule has 0 spiro atoms. The van der Waals surface area contributed by atoms with Crippen molar-refractivity contribution in [2.75, 3.05) is 19.0 Å². The monoisotopic (exact) mass is 475 g/mol. The van der Waals surface area contributed by atoms with Crippen LogP contribution in [0.25, 0.3) is 6.08 Å². The Morgan fingerprint density at radius 1 is 1.09 bits per heavy atom. The summed E-state index contributed by atoms with van der Waals surface area (Å²) in [6, 6.07) is 15.3. The molecule has 1 aliphatic rings. The zero-order valence-electron chi connectivity index (χ0n) is 20.3. The van der Waals surface area contributed by atoms with Gasteiger partial charge >= 0.3 is 5.97 Å². The lowest BCUT2D eigenvalue weighted by atomic mass is 9.95. The predicted molar refractivity (Wildman–Crippen MR) is 137 cm³/mol. The Hall–Kier alpha value is -3.45. The summed E-state index contributed by atoms with van der Waals surface area (Å²) in [5.41, 5.74) is 4.75. The van der Waals surface area contributed by atoms with Crippen molar-refractivity contribution < 1.29 is 9.53 Å². The topological polar surface area (TPSA) is 63.9 Å².